The molecular weight excluding hydrogens is 159 g/mol. The maximum Gasteiger partial charge on any atom is 3.00 e. The van der Waals surface area contributed by atoms with Gasteiger partial charge in [-0.15, -0.1) is 0 Å². The summed E-state index contributed by atoms with van der Waals surface area (Å²) in [6, 6.07) is 0. The van der Waals surface area contributed by atoms with Gasteiger partial charge in [-0.2, -0.15) is 0 Å². The van der Waals surface area contributed by atoms with Crippen molar-refractivity contribution in [3.05, 3.63) is 0 Å². The Balaban J connectivity index is -0.0000000450. The summed E-state index contributed by atoms with van der Waals surface area (Å²) in [6.45, 7) is 0. The van der Waals surface area contributed by atoms with E-state index in [0.29, 0.717) is 0 Å². The van der Waals surface area contributed by atoms with Gasteiger partial charge in [0, 0.05) is 9.17 Å². The normalized spacial score (nSPS) is 4.00. The van der Waals surface area contributed by atoms with Crippen LogP contribution in [0.2, 0.25) is 0 Å². The second-order valence-corrected chi connectivity index (χ2v) is 0.750. The molecule has 0 unspecified atom stereocenters. The maximum atomic E-state index is 8.52. The molecule has 0 saturated carbocycles. The molecule has 6 heavy (non-hydrogen) atoms. The standard InChI is InChI=1S/Al.Fe.O3Si/c;;1-4(2)3/q+3;+2;-2. The number of hydrogen-bond donors (Lipinski definition) is 0. The summed E-state index contributed by atoms with van der Waals surface area (Å²) in [4.78, 5) is 17.0. The van der Waals surface area contributed by atoms with Crippen molar-refractivity contribution < 1.29 is 31.1 Å². The van der Waals surface area contributed by atoms with E-state index in [1.54, 1.807) is 0 Å². The van der Waals surface area contributed by atoms with E-state index < -0.39 is 9.17 Å². The molecule has 0 bridgehead atoms. The van der Waals surface area contributed by atoms with Gasteiger partial charge in [0.1, 0.15) is 0 Å². The third-order valence-corrected chi connectivity index (χ3v) is 0. The SMILES string of the molecule is O=[Si]([O-])[O-].[Al+3].[Fe+2]. The third kappa shape index (κ3) is 140. The molecule has 0 aliphatic rings. The molecule has 0 aliphatic carbocycles. The molecule has 0 aromatic carbocycles. The Morgan fingerprint density at radius 3 is 1.33 bits per heavy atom. The molecule has 0 radical (unpaired) electrons. The van der Waals surface area contributed by atoms with Crippen LogP contribution >= 0.6 is 0 Å². The van der Waals surface area contributed by atoms with Crippen LogP contribution in [0.15, 0.2) is 0 Å². The Morgan fingerprint density at radius 1 is 1.33 bits per heavy atom. The number of hydrogen-bond acceptors (Lipinski definition) is 3. The van der Waals surface area contributed by atoms with Crippen LogP contribution in [0, 0.1) is 0 Å². The Morgan fingerprint density at radius 2 is 1.33 bits per heavy atom. The van der Waals surface area contributed by atoms with Crippen molar-refractivity contribution in [1.29, 1.82) is 0 Å². The Hall–Kier alpha value is 0.669. The molecule has 0 heterocycles. The zero-order valence-corrected chi connectivity index (χ0v) is 5.91. The van der Waals surface area contributed by atoms with E-state index in [1.807, 2.05) is 0 Å². The summed E-state index contributed by atoms with van der Waals surface area (Å²) >= 11 is 0. The van der Waals surface area contributed by atoms with Gasteiger partial charge in [0.2, 0.25) is 0 Å². The minimum atomic E-state index is -3.63. The molecule has 6 heteroatoms. The molecule has 0 amide bonds. The summed E-state index contributed by atoms with van der Waals surface area (Å²) < 4.78 is 8.52. The average molecular weight is 159 g/mol. The minimum Gasteiger partial charge on any atom is -0.672 e. The van der Waals surface area contributed by atoms with E-state index in [4.69, 9.17) is 14.1 Å². The van der Waals surface area contributed by atoms with Crippen molar-refractivity contribution in [2.75, 3.05) is 0 Å². The van der Waals surface area contributed by atoms with Crippen molar-refractivity contribution in [3.63, 3.8) is 0 Å². The average Bonchev–Trinajstić information content (AvgIpc) is 0.811. The molecule has 0 aliphatic heterocycles. The topological polar surface area (TPSA) is 63.2 Å². The van der Waals surface area contributed by atoms with Crippen LogP contribution in [0.1, 0.15) is 0 Å². The number of rotatable bonds is 0. The van der Waals surface area contributed by atoms with Gasteiger partial charge in [0.05, 0.1) is 0 Å². The van der Waals surface area contributed by atoms with E-state index >= 15 is 0 Å². The van der Waals surface area contributed by atoms with E-state index in [9.17, 15) is 0 Å². The predicted molar refractivity (Wildman–Crippen MR) is 12.2 cm³/mol. The second kappa shape index (κ2) is 9.18. The van der Waals surface area contributed by atoms with Gasteiger partial charge < -0.3 is 14.1 Å². The van der Waals surface area contributed by atoms with E-state index in [0.717, 1.165) is 0 Å². The summed E-state index contributed by atoms with van der Waals surface area (Å²) in [6.07, 6.45) is 0. The smallest absolute Gasteiger partial charge is 0.672 e. The Labute approximate surface area is 57.9 Å². The first-order valence-corrected chi connectivity index (χ1v) is 1.84. The van der Waals surface area contributed by atoms with Crippen molar-refractivity contribution in [2.45, 2.75) is 0 Å². The Bertz CT molecular complexity index is 33.8. The fourth-order valence-corrected chi connectivity index (χ4v) is 0. The zero-order valence-electron chi connectivity index (χ0n) is 2.66. The van der Waals surface area contributed by atoms with Gasteiger partial charge in [-0.25, -0.2) is 0 Å². The molecule has 0 aromatic heterocycles. The first-order valence-electron chi connectivity index (χ1n) is 0.612. The van der Waals surface area contributed by atoms with Crippen LogP contribution in [0.3, 0.4) is 0 Å². The molecule has 0 rings (SSSR count). The van der Waals surface area contributed by atoms with Gasteiger partial charge in [-0.3, -0.25) is 0 Å². The molecule has 0 atom stereocenters. The first-order chi connectivity index (χ1) is 1.73. The van der Waals surface area contributed by atoms with Crippen molar-refractivity contribution >= 4 is 26.5 Å². The van der Waals surface area contributed by atoms with Gasteiger partial charge >= 0.3 is 34.4 Å². The van der Waals surface area contributed by atoms with E-state index in [2.05, 4.69) is 0 Å². The van der Waals surface area contributed by atoms with Crippen LogP contribution in [0.5, 0.6) is 0 Å². The molecule has 3 nitrogen and oxygen atoms in total. The van der Waals surface area contributed by atoms with E-state index in [-0.39, 0.29) is 34.4 Å². The van der Waals surface area contributed by atoms with Crippen LogP contribution in [0.25, 0.3) is 0 Å². The molecule has 0 aromatic rings. The summed E-state index contributed by atoms with van der Waals surface area (Å²) in [5.74, 6) is 0. The van der Waals surface area contributed by atoms with Crippen LogP contribution < -0.4 is 9.59 Å². The van der Waals surface area contributed by atoms with Crippen molar-refractivity contribution in [2.24, 2.45) is 0 Å². The fourth-order valence-electron chi connectivity index (χ4n) is 0. The maximum absolute atomic E-state index is 8.52. The zero-order chi connectivity index (χ0) is 3.58. The van der Waals surface area contributed by atoms with Crippen molar-refractivity contribution in [3.8, 4) is 0 Å². The van der Waals surface area contributed by atoms with Gasteiger partial charge in [-0.05, 0) is 0 Å². The summed E-state index contributed by atoms with van der Waals surface area (Å²) in [5.41, 5.74) is 0. The molecular formula is AlFeO3Si+3. The molecule has 30 valence electrons. The summed E-state index contributed by atoms with van der Waals surface area (Å²) in [7, 11) is -3.63. The second-order valence-electron chi connectivity index (χ2n) is 0.250. The van der Waals surface area contributed by atoms with E-state index in [1.165, 1.54) is 0 Å². The monoisotopic (exact) mass is 159 g/mol. The van der Waals surface area contributed by atoms with Gasteiger partial charge in [0.25, 0.3) is 0 Å². The largest absolute Gasteiger partial charge is 3.00 e. The molecule has 0 N–H and O–H groups in total. The van der Waals surface area contributed by atoms with Crippen molar-refractivity contribution in [1.82, 2.24) is 0 Å². The first kappa shape index (κ1) is 15.9. The quantitative estimate of drug-likeness (QED) is 0.348. The van der Waals surface area contributed by atoms with Gasteiger partial charge in [0.15, 0.2) is 0 Å². The minimum absolute atomic E-state index is 0. The summed E-state index contributed by atoms with van der Waals surface area (Å²) in [5, 5.41) is 0. The fraction of sp³-hybridized carbons (Fsp3) is 0. The Kier molecular flexibility index (Phi) is 24.4. The predicted octanol–water partition coefficient (Wildman–Crippen LogP) is -3.26. The van der Waals surface area contributed by atoms with Gasteiger partial charge in [-0.1, -0.05) is 0 Å². The third-order valence-electron chi connectivity index (χ3n) is 0. The molecule has 0 saturated heterocycles. The van der Waals surface area contributed by atoms with Crippen LogP contribution in [0.4, 0.5) is 0 Å². The molecule has 0 fully saturated rings. The molecule has 0 spiro atoms. The van der Waals surface area contributed by atoms with Crippen LogP contribution in [-0.4, -0.2) is 26.5 Å². The van der Waals surface area contributed by atoms with Crippen LogP contribution in [-0.2, 0) is 21.5 Å².